The third-order valence-electron chi connectivity index (χ3n) is 3.94. The summed E-state index contributed by atoms with van der Waals surface area (Å²) in [6.07, 6.45) is 4.14. The number of nitrogens with one attached hydrogen (secondary N) is 1. The van der Waals surface area contributed by atoms with Crippen molar-refractivity contribution in [3.05, 3.63) is 17.3 Å². The van der Waals surface area contributed by atoms with E-state index in [1.54, 1.807) is 24.8 Å². The monoisotopic (exact) mass is 306 g/mol. The molecule has 1 aliphatic heterocycles. The standard InChI is InChI=1S/C15H22N4OS/c1-11-8-13-14(17-10-18-15(13)21-11)19-6-3-4-12(19)9-16-5-7-20-2/h8,10,12,16H,3-7,9H2,1-2H3. The van der Waals surface area contributed by atoms with Gasteiger partial charge < -0.3 is 15.0 Å². The van der Waals surface area contributed by atoms with Crippen LogP contribution < -0.4 is 10.2 Å². The fourth-order valence-electron chi connectivity index (χ4n) is 2.96. The summed E-state index contributed by atoms with van der Waals surface area (Å²) in [4.78, 5) is 13.8. The highest BCUT2D eigenvalue weighted by atomic mass is 32.1. The second-order valence-electron chi connectivity index (χ2n) is 5.46. The highest BCUT2D eigenvalue weighted by Gasteiger charge is 2.27. The van der Waals surface area contributed by atoms with Crippen LogP contribution in [-0.2, 0) is 4.74 Å². The summed E-state index contributed by atoms with van der Waals surface area (Å²) < 4.78 is 5.08. The van der Waals surface area contributed by atoms with Gasteiger partial charge >= 0.3 is 0 Å². The highest BCUT2D eigenvalue weighted by molar-refractivity contribution is 7.18. The third kappa shape index (κ3) is 3.17. The van der Waals surface area contributed by atoms with Crippen molar-refractivity contribution in [2.45, 2.75) is 25.8 Å². The van der Waals surface area contributed by atoms with Crippen molar-refractivity contribution in [3.63, 3.8) is 0 Å². The fourth-order valence-corrected chi connectivity index (χ4v) is 3.80. The average Bonchev–Trinajstić information content (AvgIpc) is 3.08. The summed E-state index contributed by atoms with van der Waals surface area (Å²) in [5.41, 5.74) is 0. The quantitative estimate of drug-likeness (QED) is 0.829. The zero-order valence-electron chi connectivity index (χ0n) is 12.6. The lowest BCUT2D eigenvalue weighted by atomic mass is 10.2. The van der Waals surface area contributed by atoms with Crippen LogP contribution in [0.4, 0.5) is 5.82 Å². The minimum absolute atomic E-state index is 0.514. The predicted octanol–water partition coefficient (Wildman–Crippen LogP) is 2.20. The number of hydrogen-bond acceptors (Lipinski definition) is 6. The molecule has 1 fully saturated rings. The lowest BCUT2D eigenvalue weighted by Gasteiger charge is -2.26. The second kappa shape index (κ2) is 6.68. The molecule has 2 aromatic rings. The van der Waals surface area contributed by atoms with Crippen molar-refractivity contribution in [2.75, 3.05) is 38.3 Å². The molecule has 0 amide bonds. The molecule has 21 heavy (non-hydrogen) atoms. The molecule has 3 heterocycles. The van der Waals surface area contributed by atoms with Crippen LogP contribution in [0.1, 0.15) is 17.7 Å². The van der Waals surface area contributed by atoms with Gasteiger partial charge in [-0.2, -0.15) is 0 Å². The average molecular weight is 306 g/mol. The van der Waals surface area contributed by atoms with Crippen LogP contribution in [0.15, 0.2) is 12.4 Å². The first-order valence-electron chi connectivity index (χ1n) is 7.47. The van der Waals surface area contributed by atoms with Gasteiger partial charge in [-0.05, 0) is 25.8 Å². The number of nitrogens with zero attached hydrogens (tertiary/aromatic N) is 3. The molecular weight excluding hydrogens is 284 g/mol. The highest BCUT2D eigenvalue weighted by Crippen LogP contribution is 2.33. The molecule has 114 valence electrons. The molecule has 1 atom stereocenters. The van der Waals surface area contributed by atoms with Gasteiger partial charge in [0.15, 0.2) is 0 Å². The first-order chi connectivity index (χ1) is 10.3. The maximum atomic E-state index is 5.08. The van der Waals surface area contributed by atoms with E-state index in [0.717, 1.165) is 36.9 Å². The molecule has 3 rings (SSSR count). The van der Waals surface area contributed by atoms with E-state index in [1.165, 1.54) is 23.1 Å². The van der Waals surface area contributed by atoms with Gasteiger partial charge in [0.1, 0.15) is 17.0 Å². The number of anilines is 1. The van der Waals surface area contributed by atoms with E-state index in [2.05, 4.69) is 33.2 Å². The largest absolute Gasteiger partial charge is 0.383 e. The number of fused-ring (bicyclic) bond motifs is 1. The summed E-state index contributed by atoms with van der Waals surface area (Å²) >= 11 is 1.74. The number of ether oxygens (including phenoxy) is 1. The number of thiophene rings is 1. The topological polar surface area (TPSA) is 50.3 Å². The van der Waals surface area contributed by atoms with Crippen molar-refractivity contribution in [1.82, 2.24) is 15.3 Å². The molecule has 1 saturated heterocycles. The van der Waals surface area contributed by atoms with Gasteiger partial charge in [0.2, 0.25) is 0 Å². The van der Waals surface area contributed by atoms with Gasteiger partial charge in [-0.15, -0.1) is 11.3 Å². The summed E-state index contributed by atoms with van der Waals surface area (Å²) in [7, 11) is 1.74. The van der Waals surface area contributed by atoms with Crippen LogP contribution in [0, 0.1) is 6.92 Å². The predicted molar refractivity (Wildman–Crippen MR) is 87.3 cm³/mol. The Bertz CT molecular complexity index is 600. The summed E-state index contributed by atoms with van der Waals surface area (Å²) in [5, 5.41) is 4.67. The Morgan fingerprint density at radius 2 is 2.38 bits per heavy atom. The smallest absolute Gasteiger partial charge is 0.141 e. The molecule has 0 aromatic carbocycles. The Labute approximate surface area is 129 Å². The molecule has 0 spiro atoms. The van der Waals surface area contributed by atoms with Crippen LogP contribution >= 0.6 is 11.3 Å². The van der Waals surface area contributed by atoms with E-state index in [9.17, 15) is 0 Å². The summed E-state index contributed by atoms with van der Waals surface area (Å²) in [6, 6.07) is 2.73. The van der Waals surface area contributed by atoms with Gasteiger partial charge in [0.25, 0.3) is 0 Å². The van der Waals surface area contributed by atoms with E-state index in [-0.39, 0.29) is 0 Å². The maximum absolute atomic E-state index is 5.08. The maximum Gasteiger partial charge on any atom is 0.141 e. The Hall–Kier alpha value is -1.24. The molecule has 0 bridgehead atoms. The molecule has 1 unspecified atom stereocenters. The second-order valence-corrected chi connectivity index (χ2v) is 6.69. The van der Waals surface area contributed by atoms with Gasteiger partial charge in [-0.25, -0.2) is 9.97 Å². The molecule has 1 aliphatic rings. The Morgan fingerprint density at radius 1 is 1.48 bits per heavy atom. The zero-order valence-corrected chi connectivity index (χ0v) is 13.4. The first-order valence-corrected chi connectivity index (χ1v) is 8.28. The van der Waals surface area contributed by atoms with Crippen LogP contribution in [0.2, 0.25) is 0 Å². The van der Waals surface area contributed by atoms with Crippen LogP contribution in [0.3, 0.4) is 0 Å². The van der Waals surface area contributed by atoms with Crippen molar-refractivity contribution in [3.8, 4) is 0 Å². The van der Waals surface area contributed by atoms with Crippen LogP contribution in [0.5, 0.6) is 0 Å². The molecule has 1 N–H and O–H groups in total. The molecule has 0 aliphatic carbocycles. The number of hydrogen-bond donors (Lipinski definition) is 1. The Balaban J connectivity index is 1.77. The van der Waals surface area contributed by atoms with E-state index < -0.39 is 0 Å². The van der Waals surface area contributed by atoms with Crippen molar-refractivity contribution in [2.24, 2.45) is 0 Å². The van der Waals surface area contributed by atoms with Crippen molar-refractivity contribution < 1.29 is 4.74 Å². The third-order valence-corrected chi connectivity index (χ3v) is 4.90. The van der Waals surface area contributed by atoms with E-state index >= 15 is 0 Å². The van der Waals surface area contributed by atoms with E-state index in [0.29, 0.717) is 6.04 Å². The fraction of sp³-hybridized carbons (Fsp3) is 0.600. The van der Waals surface area contributed by atoms with E-state index in [4.69, 9.17) is 4.74 Å². The minimum atomic E-state index is 0.514. The molecule has 0 radical (unpaired) electrons. The van der Waals surface area contributed by atoms with Gasteiger partial charge in [-0.3, -0.25) is 0 Å². The van der Waals surface area contributed by atoms with Crippen molar-refractivity contribution >= 4 is 27.4 Å². The molecule has 2 aromatic heterocycles. The van der Waals surface area contributed by atoms with Gasteiger partial charge in [-0.1, -0.05) is 0 Å². The van der Waals surface area contributed by atoms with Crippen LogP contribution in [0.25, 0.3) is 10.2 Å². The summed E-state index contributed by atoms with van der Waals surface area (Å²) in [5.74, 6) is 1.10. The van der Waals surface area contributed by atoms with E-state index in [1.807, 2.05) is 0 Å². The minimum Gasteiger partial charge on any atom is -0.383 e. The Morgan fingerprint density at radius 3 is 3.24 bits per heavy atom. The molecule has 0 saturated carbocycles. The number of aromatic nitrogens is 2. The van der Waals surface area contributed by atoms with Crippen molar-refractivity contribution in [1.29, 1.82) is 0 Å². The lowest BCUT2D eigenvalue weighted by molar-refractivity contribution is 0.199. The molecule has 5 nitrogen and oxygen atoms in total. The van der Waals surface area contributed by atoms with Crippen LogP contribution in [-0.4, -0.2) is 49.4 Å². The first kappa shape index (κ1) is 14.7. The Kier molecular flexibility index (Phi) is 4.67. The molecule has 6 heteroatoms. The van der Waals surface area contributed by atoms with Gasteiger partial charge in [0.05, 0.1) is 12.0 Å². The zero-order chi connectivity index (χ0) is 14.7. The number of methoxy groups -OCH3 is 1. The summed E-state index contributed by atoms with van der Waals surface area (Å²) in [6.45, 7) is 5.85. The molecular formula is C15H22N4OS. The number of rotatable bonds is 6. The SMILES string of the molecule is COCCNCC1CCCN1c1ncnc2sc(C)cc12. The van der Waals surface area contributed by atoms with Gasteiger partial charge in [0, 0.05) is 37.7 Å². The lowest BCUT2D eigenvalue weighted by Crippen LogP contribution is -2.39. The number of aryl methyl sites for hydroxylation is 1. The normalized spacial score (nSPS) is 18.8.